The van der Waals surface area contributed by atoms with E-state index in [4.69, 9.17) is 12.2 Å². The molecule has 22 heavy (non-hydrogen) atoms. The first-order valence-electron chi connectivity index (χ1n) is 6.35. The first-order valence-corrected chi connectivity index (χ1v) is 7.56. The third-order valence-corrected chi connectivity index (χ3v) is 3.51. The van der Waals surface area contributed by atoms with Gasteiger partial charge in [-0.15, -0.1) is 0 Å². The summed E-state index contributed by atoms with van der Waals surface area (Å²) in [6.45, 7) is 1.80. The number of rotatable bonds is 4. The van der Waals surface area contributed by atoms with Gasteiger partial charge in [-0.1, -0.05) is 28.1 Å². The van der Waals surface area contributed by atoms with Crippen molar-refractivity contribution in [3.05, 3.63) is 61.2 Å². The van der Waals surface area contributed by atoms with Gasteiger partial charge in [-0.3, -0.25) is 14.6 Å². The van der Waals surface area contributed by atoms with E-state index in [0.717, 1.165) is 10.0 Å². The molecule has 0 radical (unpaired) electrons. The molecule has 2 aromatic rings. The van der Waals surface area contributed by atoms with Gasteiger partial charge in [-0.25, -0.2) is 5.43 Å². The second-order valence-corrected chi connectivity index (χ2v) is 5.85. The van der Waals surface area contributed by atoms with E-state index in [1.807, 2.05) is 24.3 Å². The van der Waals surface area contributed by atoms with Gasteiger partial charge in [0.25, 0.3) is 5.56 Å². The summed E-state index contributed by atoms with van der Waals surface area (Å²) in [6, 6.07) is 8.87. The zero-order valence-electron chi connectivity index (χ0n) is 11.6. The third kappa shape index (κ3) is 4.74. The number of hydrogen-bond acceptors (Lipinski definition) is 4. The minimum Gasteiger partial charge on any atom is -0.335 e. The summed E-state index contributed by atoms with van der Waals surface area (Å²) in [5.41, 5.74) is 4.12. The molecule has 6 nitrogen and oxygen atoms in total. The normalized spacial score (nSPS) is 11.3. The number of amides is 1. The number of benzene rings is 1. The zero-order valence-corrected chi connectivity index (χ0v) is 14.0. The maximum absolute atomic E-state index is 11.8. The molecule has 1 aromatic heterocycles. The van der Waals surface area contributed by atoms with Crippen molar-refractivity contribution >= 4 is 39.8 Å². The molecule has 0 aliphatic rings. The van der Waals surface area contributed by atoms with Crippen molar-refractivity contribution in [2.75, 3.05) is 0 Å². The van der Waals surface area contributed by atoms with Crippen LogP contribution >= 0.6 is 28.1 Å². The molecule has 8 heteroatoms. The molecule has 0 aliphatic carbocycles. The number of carbonyl (C=O) groups excluding carboxylic acids is 1. The quantitative estimate of drug-likeness (QED) is 0.431. The molecule has 0 unspecified atom stereocenters. The Morgan fingerprint density at radius 3 is 2.64 bits per heavy atom. The molecule has 0 atom stereocenters. The Morgan fingerprint density at radius 2 is 2.00 bits per heavy atom. The van der Waals surface area contributed by atoms with E-state index >= 15 is 0 Å². The minimum atomic E-state index is -0.346. The topological polar surface area (TPSA) is 90.1 Å². The molecule has 0 aliphatic heterocycles. The first-order chi connectivity index (χ1) is 10.4. The van der Waals surface area contributed by atoms with Crippen molar-refractivity contribution in [3.63, 3.8) is 0 Å². The average Bonchev–Trinajstić information content (AvgIpc) is 2.44. The Kier molecular flexibility index (Phi) is 5.40. The van der Waals surface area contributed by atoms with Gasteiger partial charge in [-0.2, -0.15) is 5.10 Å². The molecule has 0 saturated carbocycles. The summed E-state index contributed by atoms with van der Waals surface area (Å²) in [5.74, 6) is -0.340. The number of aromatic amines is 2. The first kappa shape index (κ1) is 16.3. The fourth-order valence-corrected chi connectivity index (χ4v) is 2.22. The smallest absolute Gasteiger partial charge is 0.251 e. The Balaban J connectivity index is 2.02. The van der Waals surface area contributed by atoms with Gasteiger partial charge in [0.05, 0.1) is 12.1 Å². The molecule has 0 spiro atoms. The van der Waals surface area contributed by atoms with Gasteiger partial charge < -0.3 is 4.98 Å². The van der Waals surface area contributed by atoms with Crippen molar-refractivity contribution in [1.82, 2.24) is 15.4 Å². The number of hydrazone groups is 1. The van der Waals surface area contributed by atoms with Crippen LogP contribution in [0.1, 0.15) is 18.2 Å². The summed E-state index contributed by atoms with van der Waals surface area (Å²) in [5, 5.41) is 4.04. The van der Waals surface area contributed by atoms with E-state index in [2.05, 4.69) is 36.4 Å². The SMILES string of the molecule is C/C(=N/NC(=O)Cc1cc(=O)[nH]c(=S)[nH]1)c1ccc(Br)cc1. The fourth-order valence-electron chi connectivity index (χ4n) is 1.73. The van der Waals surface area contributed by atoms with Crippen LogP contribution in [-0.4, -0.2) is 21.6 Å². The van der Waals surface area contributed by atoms with E-state index in [1.165, 1.54) is 6.07 Å². The lowest BCUT2D eigenvalue weighted by atomic mass is 10.1. The van der Waals surface area contributed by atoms with E-state index in [1.54, 1.807) is 6.92 Å². The second kappa shape index (κ2) is 7.28. The van der Waals surface area contributed by atoms with Crippen molar-refractivity contribution < 1.29 is 4.79 Å². The molecule has 114 valence electrons. The minimum absolute atomic E-state index is 0.00925. The van der Waals surface area contributed by atoms with Crippen molar-refractivity contribution in [2.24, 2.45) is 5.10 Å². The number of nitrogens with one attached hydrogen (secondary N) is 3. The van der Waals surface area contributed by atoms with Crippen LogP contribution in [0.5, 0.6) is 0 Å². The lowest BCUT2D eigenvalue weighted by Gasteiger charge is -2.03. The third-order valence-electron chi connectivity index (χ3n) is 2.78. The van der Waals surface area contributed by atoms with E-state index < -0.39 is 0 Å². The predicted octanol–water partition coefficient (Wildman–Crippen LogP) is 2.28. The van der Waals surface area contributed by atoms with Gasteiger partial charge in [0, 0.05) is 16.2 Å². The van der Waals surface area contributed by atoms with Gasteiger partial charge in [0.2, 0.25) is 5.91 Å². The highest BCUT2D eigenvalue weighted by Crippen LogP contribution is 2.11. The molecule has 0 fully saturated rings. The number of carbonyl (C=O) groups is 1. The van der Waals surface area contributed by atoms with E-state index in [-0.39, 0.29) is 22.7 Å². The number of nitrogens with zero attached hydrogens (tertiary/aromatic N) is 1. The molecule has 1 amide bonds. The molecular formula is C14H13BrN4O2S. The van der Waals surface area contributed by atoms with Crippen LogP contribution in [0.3, 0.4) is 0 Å². The zero-order chi connectivity index (χ0) is 16.1. The van der Waals surface area contributed by atoms with Crippen LogP contribution in [0.25, 0.3) is 0 Å². The molecule has 2 rings (SSSR count). The summed E-state index contributed by atoms with van der Waals surface area (Å²) >= 11 is 8.20. The van der Waals surface area contributed by atoms with Crippen molar-refractivity contribution in [3.8, 4) is 0 Å². The molecular weight excluding hydrogens is 368 g/mol. The average molecular weight is 381 g/mol. The van der Waals surface area contributed by atoms with Crippen LogP contribution in [0.4, 0.5) is 0 Å². The van der Waals surface area contributed by atoms with Gasteiger partial charge in [-0.05, 0) is 36.8 Å². The summed E-state index contributed by atoms with van der Waals surface area (Å²) < 4.78 is 1.16. The summed E-state index contributed by atoms with van der Waals surface area (Å²) in [4.78, 5) is 28.2. The number of hydrogen-bond donors (Lipinski definition) is 3. The summed E-state index contributed by atoms with van der Waals surface area (Å²) in [6.07, 6.45) is -0.00925. The van der Waals surface area contributed by atoms with Gasteiger partial charge in [0.15, 0.2) is 4.77 Å². The Bertz CT molecular complexity index is 795. The fraction of sp³-hybridized carbons (Fsp3) is 0.143. The van der Waals surface area contributed by atoms with Crippen LogP contribution in [0.2, 0.25) is 0 Å². The van der Waals surface area contributed by atoms with Crippen molar-refractivity contribution in [2.45, 2.75) is 13.3 Å². The highest BCUT2D eigenvalue weighted by Gasteiger charge is 2.05. The number of aromatic nitrogens is 2. The van der Waals surface area contributed by atoms with Crippen LogP contribution < -0.4 is 11.0 Å². The van der Waals surface area contributed by atoms with Gasteiger partial charge >= 0.3 is 0 Å². The van der Waals surface area contributed by atoms with E-state index in [9.17, 15) is 9.59 Å². The summed E-state index contributed by atoms with van der Waals surface area (Å²) in [7, 11) is 0. The van der Waals surface area contributed by atoms with E-state index in [0.29, 0.717) is 11.4 Å². The number of halogens is 1. The Hall–Kier alpha value is -2.06. The lowest BCUT2D eigenvalue weighted by molar-refractivity contribution is -0.120. The van der Waals surface area contributed by atoms with Gasteiger partial charge in [0.1, 0.15) is 0 Å². The molecule has 1 heterocycles. The largest absolute Gasteiger partial charge is 0.335 e. The lowest BCUT2D eigenvalue weighted by Crippen LogP contribution is -2.23. The second-order valence-electron chi connectivity index (χ2n) is 4.53. The predicted molar refractivity (Wildman–Crippen MR) is 90.4 cm³/mol. The monoisotopic (exact) mass is 380 g/mol. The van der Waals surface area contributed by atoms with Crippen LogP contribution in [-0.2, 0) is 11.2 Å². The molecule has 3 N–H and O–H groups in total. The van der Waals surface area contributed by atoms with Crippen LogP contribution in [0, 0.1) is 4.77 Å². The standard InChI is InChI=1S/C14H13BrN4O2S/c1-8(9-2-4-10(15)5-3-9)18-19-13(21)7-11-6-12(20)17-14(22)16-11/h2-6H,7H2,1H3,(H,19,21)(H2,16,17,20,22)/b18-8-. The highest BCUT2D eigenvalue weighted by atomic mass is 79.9. The Morgan fingerprint density at radius 1 is 1.32 bits per heavy atom. The molecule has 0 bridgehead atoms. The van der Waals surface area contributed by atoms with Crippen LogP contribution in [0.15, 0.2) is 44.7 Å². The highest BCUT2D eigenvalue weighted by molar-refractivity contribution is 9.10. The Labute approximate surface area is 139 Å². The van der Waals surface area contributed by atoms with Crippen molar-refractivity contribution in [1.29, 1.82) is 0 Å². The number of H-pyrrole nitrogens is 2. The molecule has 0 saturated heterocycles. The maximum atomic E-state index is 11.8. The molecule has 1 aromatic carbocycles. The maximum Gasteiger partial charge on any atom is 0.251 e.